The standard InChI is InChI=1S/C30H44N2O12/c1-19(2)25(33)39-15-23(16-40-26(34)20(3)4)43-29(37)31-13-11-9-10-12-14-32-30(38)44-24(17-41-27(35)21(5)6)18-42-28(36)22(7)8/h23-24H,1,3,5,7,9-18H2,2,4,6,8H3,(H,31,37)(H,32,38). The van der Waals surface area contributed by atoms with Crippen LogP contribution in [0.1, 0.15) is 53.4 Å². The van der Waals surface area contributed by atoms with Crippen molar-refractivity contribution >= 4 is 36.1 Å². The smallest absolute Gasteiger partial charge is 0.407 e. The number of hydrogen-bond acceptors (Lipinski definition) is 12. The molecule has 0 aromatic heterocycles. The van der Waals surface area contributed by atoms with E-state index in [0.29, 0.717) is 25.7 Å². The van der Waals surface area contributed by atoms with Gasteiger partial charge in [0.25, 0.3) is 0 Å². The molecule has 0 aliphatic rings. The third-order valence-corrected chi connectivity index (χ3v) is 5.18. The van der Waals surface area contributed by atoms with E-state index in [1.165, 1.54) is 27.7 Å². The minimum atomic E-state index is -1.04. The summed E-state index contributed by atoms with van der Waals surface area (Å²) in [5.74, 6) is -2.72. The van der Waals surface area contributed by atoms with Crippen molar-refractivity contribution in [3.8, 4) is 0 Å². The topological polar surface area (TPSA) is 182 Å². The maximum atomic E-state index is 12.2. The molecular formula is C30H44N2O12. The van der Waals surface area contributed by atoms with Crippen molar-refractivity contribution in [2.45, 2.75) is 65.6 Å². The number of amides is 2. The number of rotatable bonds is 21. The molecule has 2 amide bonds. The third kappa shape index (κ3) is 19.5. The predicted octanol–water partition coefficient (Wildman–Crippen LogP) is 3.21. The average molecular weight is 625 g/mol. The van der Waals surface area contributed by atoms with Crippen LogP contribution < -0.4 is 10.6 Å². The van der Waals surface area contributed by atoms with Gasteiger partial charge in [-0.05, 0) is 40.5 Å². The first-order valence-corrected chi connectivity index (χ1v) is 13.8. The average Bonchev–Trinajstić information content (AvgIpc) is 2.95. The van der Waals surface area contributed by atoms with E-state index >= 15 is 0 Å². The number of carbonyl (C=O) groups excluding carboxylic acids is 6. The maximum absolute atomic E-state index is 12.2. The summed E-state index contributed by atoms with van der Waals surface area (Å²) in [6.07, 6.45) is -1.02. The summed E-state index contributed by atoms with van der Waals surface area (Å²) in [5.41, 5.74) is 0.636. The third-order valence-electron chi connectivity index (χ3n) is 5.18. The molecule has 246 valence electrons. The molecule has 0 bridgehead atoms. The van der Waals surface area contributed by atoms with Crippen LogP contribution in [0.15, 0.2) is 48.6 Å². The molecule has 2 N–H and O–H groups in total. The summed E-state index contributed by atoms with van der Waals surface area (Å²) in [7, 11) is 0. The summed E-state index contributed by atoms with van der Waals surface area (Å²) in [4.78, 5) is 70.9. The highest BCUT2D eigenvalue weighted by atomic mass is 16.6. The lowest BCUT2D eigenvalue weighted by Gasteiger charge is -2.18. The number of unbranched alkanes of at least 4 members (excludes halogenated alkanes) is 3. The lowest BCUT2D eigenvalue weighted by molar-refractivity contribution is -0.149. The largest absolute Gasteiger partial charge is 0.458 e. The summed E-state index contributed by atoms with van der Waals surface area (Å²) < 4.78 is 30.4. The second-order valence-corrected chi connectivity index (χ2v) is 9.84. The van der Waals surface area contributed by atoms with Crippen molar-refractivity contribution in [1.82, 2.24) is 10.6 Å². The molecule has 0 aliphatic carbocycles. The molecule has 0 spiro atoms. The number of nitrogens with one attached hydrogen (secondary N) is 2. The summed E-state index contributed by atoms with van der Waals surface area (Å²) in [5, 5.41) is 5.14. The van der Waals surface area contributed by atoms with Crippen molar-refractivity contribution in [3.63, 3.8) is 0 Å². The fraction of sp³-hybridized carbons (Fsp3) is 0.533. The van der Waals surface area contributed by atoms with E-state index in [9.17, 15) is 28.8 Å². The van der Waals surface area contributed by atoms with Crippen LogP contribution in [0.4, 0.5) is 9.59 Å². The van der Waals surface area contributed by atoms with E-state index in [0.717, 1.165) is 0 Å². The molecule has 0 aliphatic heterocycles. The van der Waals surface area contributed by atoms with Crippen molar-refractivity contribution in [3.05, 3.63) is 48.6 Å². The minimum Gasteiger partial charge on any atom is -0.458 e. The monoisotopic (exact) mass is 624 g/mol. The fourth-order valence-electron chi connectivity index (χ4n) is 2.77. The lowest BCUT2D eigenvalue weighted by atomic mass is 10.2. The summed E-state index contributed by atoms with van der Waals surface area (Å²) >= 11 is 0. The van der Waals surface area contributed by atoms with Crippen LogP contribution in [0.3, 0.4) is 0 Å². The van der Waals surface area contributed by atoms with Crippen LogP contribution in [0.2, 0.25) is 0 Å². The fourth-order valence-corrected chi connectivity index (χ4v) is 2.77. The Morgan fingerprint density at radius 2 is 0.727 bits per heavy atom. The number of esters is 4. The van der Waals surface area contributed by atoms with E-state index in [1.54, 1.807) is 0 Å². The molecule has 0 atom stereocenters. The van der Waals surface area contributed by atoms with Gasteiger partial charge in [-0.3, -0.25) is 0 Å². The summed E-state index contributed by atoms with van der Waals surface area (Å²) in [6, 6.07) is 0. The Morgan fingerprint density at radius 3 is 0.955 bits per heavy atom. The van der Waals surface area contributed by atoms with Crippen molar-refractivity contribution < 1.29 is 57.2 Å². The molecule has 0 aromatic rings. The van der Waals surface area contributed by atoms with Gasteiger partial charge in [0, 0.05) is 35.4 Å². The van der Waals surface area contributed by atoms with E-state index in [1.807, 2.05) is 0 Å². The highest BCUT2D eigenvalue weighted by Gasteiger charge is 2.21. The van der Waals surface area contributed by atoms with Crippen LogP contribution in [0.5, 0.6) is 0 Å². The van der Waals surface area contributed by atoms with Crippen LogP contribution >= 0.6 is 0 Å². The van der Waals surface area contributed by atoms with Gasteiger partial charge in [-0.25, -0.2) is 28.8 Å². The van der Waals surface area contributed by atoms with Gasteiger partial charge in [0.2, 0.25) is 0 Å². The normalized spacial score (nSPS) is 10.2. The zero-order valence-electron chi connectivity index (χ0n) is 26.0. The van der Waals surface area contributed by atoms with Crippen LogP contribution in [0.25, 0.3) is 0 Å². The molecule has 0 saturated carbocycles. The number of ether oxygens (including phenoxy) is 6. The quantitative estimate of drug-likeness (QED) is 0.0825. The number of hydrogen-bond donors (Lipinski definition) is 2. The predicted molar refractivity (Wildman–Crippen MR) is 158 cm³/mol. The van der Waals surface area contributed by atoms with E-state index in [-0.39, 0.29) is 61.8 Å². The molecule has 14 nitrogen and oxygen atoms in total. The molecule has 0 saturated heterocycles. The van der Waals surface area contributed by atoms with E-state index < -0.39 is 48.3 Å². The second kappa shape index (κ2) is 22.0. The Morgan fingerprint density at radius 1 is 0.477 bits per heavy atom. The molecular weight excluding hydrogens is 580 g/mol. The van der Waals surface area contributed by atoms with Crippen molar-refractivity contribution in [2.24, 2.45) is 0 Å². The zero-order valence-corrected chi connectivity index (χ0v) is 26.0. The molecule has 44 heavy (non-hydrogen) atoms. The van der Waals surface area contributed by atoms with Gasteiger partial charge in [-0.2, -0.15) is 0 Å². The molecule has 0 aromatic carbocycles. The van der Waals surface area contributed by atoms with Crippen LogP contribution in [-0.2, 0) is 47.6 Å². The highest BCUT2D eigenvalue weighted by Crippen LogP contribution is 2.05. The van der Waals surface area contributed by atoms with Crippen molar-refractivity contribution in [2.75, 3.05) is 39.5 Å². The number of carbonyl (C=O) groups is 6. The van der Waals surface area contributed by atoms with Crippen molar-refractivity contribution in [1.29, 1.82) is 0 Å². The van der Waals surface area contributed by atoms with Gasteiger partial charge in [-0.1, -0.05) is 39.2 Å². The van der Waals surface area contributed by atoms with Gasteiger partial charge in [-0.15, -0.1) is 0 Å². The Balaban J connectivity index is 4.42. The molecule has 0 fully saturated rings. The van der Waals surface area contributed by atoms with Crippen LogP contribution in [-0.4, -0.2) is 87.8 Å². The zero-order chi connectivity index (χ0) is 33.7. The van der Waals surface area contributed by atoms with Gasteiger partial charge >= 0.3 is 36.1 Å². The first-order chi connectivity index (χ1) is 20.6. The lowest BCUT2D eigenvalue weighted by Crippen LogP contribution is -2.36. The molecule has 14 heteroatoms. The molecule has 0 unspecified atom stereocenters. The van der Waals surface area contributed by atoms with E-state index in [2.05, 4.69) is 36.9 Å². The Kier molecular flexibility index (Phi) is 19.7. The Hall–Kier alpha value is -4.62. The van der Waals surface area contributed by atoms with Gasteiger partial charge in [0.15, 0.2) is 12.2 Å². The first kappa shape index (κ1) is 39.4. The van der Waals surface area contributed by atoms with Crippen LogP contribution in [0, 0.1) is 0 Å². The second-order valence-electron chi connectivity index (χ2n) is 9.84. The SMILES string of the molecule is C=C(C)C(=O)OCC(COC(=O)C(=C)C)OC(=O)NCCCCCCNC(=O)OC(COC(=O)C(=C)C)COC(=O)C(=C)C. The molecule has 0 rings (SSSR count). The van der Waals surface area contributed by atoms with E-state index in [4.69, 9.17) is 28.4 Å². The van der Waals surface area contributed by atoms with Gasteiger partial charge in [0.05, 0.1) is 0 Å². The summed E-state index contributed by atoms with van der Waals surface area (Å²) in [6.45, 7) is 18.9. The first-order valence-electron chi connectivity index (χ1n) is 13.8. The van der Waals surface area contributed by atoms with Gasteiger partial charge in [0.1, 0.15) is 26.4 Å². The highest BCUT2D eigenvalue weighted by molar-refractivity contribution is 5.88. The molecule has 0 radical (unpaired) electrons. The molecule has 0 heterocycles. The maximum Gasteiger partial charge on any atom is 0.407 e. The Bertz CT molecular complexity index is 938. The van der Waals surface area contributed by atoms with Gasteiger partial charge < -0.3 is 39.1 Å². The Labute approximate surface area is 257 Å². The number of alkyl carbamates (subject to hydrolysis) is 2. The minimum absolute atomic E-state index is 0.159.